The Hall–Kier alpha value is -3.93. The zero-order valence-electron chi connectivity index (χ0n) is 22.6. The van der Waals surface area contributed by atoms with Crippen molar-refractivity contribution in [3.05, 3.63) is 106 Å². The van der Waals surface area contributed by atoms with Gasteiger partial charge in [0, 0.05) is 56.9 Å². The maximum Gasteiger partial charge on any atom is 0.416 e. The molecule has 3 aromatic rings. The van der Waals surface area contributed by atoms with Crippen molar-refractivity contribution in [2.45, 2.75) is 25.8 Å². The van der Waals surface area contributed by atoms with E-state index in [0.717, 1.165) is 11.1 Å². The highest BCUT2D eigenvalue weighted by molar-refractivity contribution is 5.95. The summed E-state index contributed by atoms with van der Waals surface area (Å²) in [7, 11) is 0. The maximum atomic E-state index is 13.4. The predicted molar refractivity (Wildman–Crippen MR) is 141 cm³/mol. The highest BCUT2D eigenvalue weighted by Crippen LogP contribution is 2.36. The van der Waals surface area contributed by atoms with Crippen LogP contribution in [0.2, 0.25) is 0 Å². The Labute approximate surface area is 238 Å². The van der Waals surface area contributed by atoms with Gasteiger partial charge >= 0.3 is 12.4 Å². The summed E-state index contributed by atoms with van der Waals surface area (Å²) in [5.74, 6) is -1.54. The van der Waals surface area contributed by atoms with Crippen molar-refractivity contribution in [1.29, 1.82) is 0 Å². The van der Waals surface area contributed by atoms with Crippen LogP contribution in [-0.4, -0.2) is 65.8 Å². The van der Waals surface area contributed by atoms with Crippen molar-refractivity contribution in [3.63, 3.8) is 0 Å². The van der Waals surface area contributed by atoms with E-state index in [2.05, 4.69) is 0 Å². The third kappa shape index (κ3) is 7.87. The first kappa shape index (κ1) is 31.0. The molecule has 3 aromatic carbocycles. The van der Waals surface area contributed by atoms with Crippen molar-refractivity contribution in [1.82, 2.24) is 14.7 Å². The van der Waals surface area contributed by atoms with Crippen molar-refractivity contribution >= 4 is 11.8 Å². The highest BCUT2D eigenvalue weighted by atomic mass is 19.4. The molecule has 0 N–H and O–H groups in total. The molecule has 0 spiro atoms. The molecule has 1 heterocycles. The van der Waals surface area contributed by atoms with Crippen molar-refractivity contribution in [2.24, 2.45) is 0 Å². The van der Waals surface area contributed by atoms with E-state index in [1.165, 1.54) is 17.0 Å². The van der Waals surface area contributed by atoms with Gasteiger partial charge in [-0.05, 0) is 55.0 Å². The Balaban J connectivity index is 1.42. The van der Waals surface area contributed by atoms with Crippen LogP contribution in [0.5, 0.6) is 0 Å². The molecule has 2 amide bonds. The van der Waals surface area contributed by atoms with Gasteiger partial charge in [-0.25, -0.2) is 4.39 Å². The van der Waals surface area contributed by atoms with Crippen molar-refractivity contribution in [3.8, 4) is 0 Å². The van der Waals surface area contributed by atoms with E-state index in [1.807, 2.05) is 24.0 Å². The first-order valence-electron chi connectivity index (χ1n) is 13.1. The molecule has 0 unspecified atom stereocenters. The van der Waals surface area contributed by atoms with Crippen LogP contribution >= 0.6 is 0 Å². The Morgan fingerprint density at radius 3 is 1.83 bits per heavy atom. The molecular weight excluding hydrogens is 567 g/mol. The quantitative estimate of drug-likeness (QED) is 0.303. The fourth-order valence-corrected chi connectivity index (χ4v) is 4.64. The van der Waals surface area contributed by atoms with Gasteiger partial charge in [0.25, 0.3) is 11.8 Å². The average molecular weight is 596 g/mol. The maximum absolute atomic E-state index is 13.4. The molecule has 1 aliphatic heterocycles. The van der Waals surface area contributed by atoms with E-state index in [4.69, 9.17) is 0 Å². The van der Waals surface area contributed by atoms with Crippen LogP contribution in [0.3, 0.4) is 0 Å². The van der Waals surface area contributed by atoms with Gasteiger partial charge in [-0.1, -0.05) is 29.8 Å². The van der Waals surface area contributed by atoms with Gasteiger partial charge in [-0.15, -0.1) is 0 Å². The number of amides is 2. The number of halogens is 7. The summed E-state index contributed by atoms with van der Waals surface area (Å²) in [6.45, 7) is 3.60. The lowest BCUT2D eigenvalue weighted by Gasteiger charge is -2.36. The number of benzene rings is 3. The standard InChI is InChI=1S/C30H28F7N3O2/c1-20-2-6-22(7-3-20)27(41)40(19-21-4-8-26(31)9-5-21)15-12-38-10-13-39(14-11-38)28(42)23-16-24(29(32,33)34)18-25(17-23)30(35,36)37/h2-9,16-18H,10-15,19H2,1H3. The zero-order chi connectivity index (χ0) is 30.7. The summed E-state index contributed by atoms with van der Waals surface area (Å²) in [6.07, 6.45) is -10.1. The fourth-order valence-electron chi connectivity index (χ4n) is 4.64. The number of hydrogen-bond donors (Lipinski definition) is 0. The molecule has 4 rings (SSSR count). The largest absolute Gasteiger partial charge is 0.416 e. The molecule has 12 heteroatoms. The van der Waals surface area contributed by atoms with Crippen LogP contribution in [0.4, 0.5) is 30.7 Å². The average Bonchev–Trinajstić information content (AvgIpc) is 2.95. The molecule has 0 aliphatic carbocycles. The fraction of sp³-hybridized carbons (Fsp3) is 0.333. The molecule has 0 bridgehead atoms. The lowest BCUT2D eigenvalue weighted by molar-refractivity contribution is -0.143. The number of carbonyl (C=O) groups is 2. The van der Waals surface area contributed by atoms with Crippen molar-refractivity contribution < 1.29 is 40.3 Å². The molecular formula is C30H28F7N3O2. The topological polar surface area (TPSA) is 43.9 Å². The third-order valence-electron chi connectivity index (χ3n) is 7.05. The van der Waals surface area contributed by atoms with Crippen molar-refractivity contribution in [2.75, 3.05) is 39.3 Å². The van der Waals surface area contributed by atoms with Gasteiger partial charge in [0.2, 0.25) is 0 Å². The second kappa shape index (κ2) is 12.5. The monoisotopic (exact) mass is 595 g/mol. The molecule has 0 radical (unpaired) electrons. The minimum atomic E-state index is -5.05. The van der Waals surface area contributed by atoms with E-state index >= 15 is 0 Å². The van der Waals surface area contributed by atoms with Gasteiger partial charge < -0.3 is 9.80 Å². The molecule has 1 saturated heterocycles. The molecule has 5 nitrogen and oxygen atoms in total. The van der Waals surface area contributed by atoms with Crippen LogP contribution in [0.15, 0.2) is 66.7 Å². The van der Waals surface area contributed by atoms with E-state index in [1.54, 1.807) is 29.2 Å². The lowest BCUT2D eigenvalue weighted by Crippen LogP contribution is -2.50. The molecule has 224 valence electrons. The van der Waals surface area contributed by atoms with Crippen LogP contribution in [0.1, 0.15) is 43.0 Å². The highest BCUT2D eigenvalue weighted by Gasteiger charge is 2.38. The van der Waals surface area contributed by atoms with E-state index in [9.17, 15) is 40.3 Å². The number of piperazine rings is 1. The van der Waals surface area contributed by atoms with E-state index in [0.29, 0.717) is 43.9 Å². The SMILES string of the molecule is Cc1ccc(C(=O)N(CCN2CCN(C(=O)c3cc(C(F)(F)F)cc(C(F)(F)F)c3)CC2)Cc2ccc(F)cc2)cc1. The number of alkyl halides is 6. The van der Waals surface area contributed by atoms with Gasteiger partial charge in [0.15, 0.2) is 0 Å². The Morgan fingerprint density at radius 1 is 0.762 bits per heavy atom. The number of aryl methyl sites for hydroxylation is 1. The van der Waals surface area contributed by atoms with Crippen LogP contribution < -0.4 is 0 Å². The summed E-state index contributed by atoms with van der Waals surface area (Å²) < 4.78 is 92.8. The van der Waals surface area contributed by atoms with Crippen LogP contribution in [-0.2, 0) is 18.9 Å². The normalized spacial score (nSPS) is 14.6. The lowest BCUT2D eigenvalue weighted by atomic mass is 10.0. The molecule has 0 atom stereocenters. The number of carbonyl (C=O) groups excluding carboxylic acids is 2. The minimum absolute atomic E-state index is 0.00961. The molecule has 1 aliphatic rings. The number of hydrogen-bond acceptors (Lipinski definition) is 3. The van der Waals surface area contributed by atoms with Gasteiger partial charge in [0.05, 0.1) is 11.1 Å². The third-order valence-corrected chi connectivity index (χ3v) is 7.05. The van der Waals surface area contributed by atoms with Gasteiger partial charge in [0.1, 0.15) is 5.82 Å². The van der Waals surface area contributed by atoms with E-state index in [-0.39, 0.29) is 31.6 Å². The molecule has 1 fully saturated rings. The summed E-state index contributed by atoms with van der Waals surface area (Å²) in [6, 6.07) is 13.7. The second-order valence-corrected chi connectivity index (χ2v) is 10.1. The zero-order valence-corrected chi connectivity index (χ0v) is 22.6. The van der Waals surface area contributed by atoms with Crippen LogP contribution in [0, 0.1) is 12.7 Å². The smallest absolute Gasteiger partial charge is 0.336 e. The minimum Gasteiger partial charge on any atom is -0.336 e. The first-order chi connectivity index (χ1) is 19.7. The second-order valence-electron chi connectivity index (χ2n) is 10.1. The predicted octanol–water partition coefficient (Wildman–Crippen LogP) is 6.27. The summed E-state index contributed by atoms with van der Waals surface area (Å²) in [5, 5.41) is 0. The van der Waals surface area contributed by atoms with E-state index < -0.39 is 40.8 Å². The summed E-state index contributed by atoms with van der Waals surface area (Å²) in [5.41, 5.74) is -1.56. The van der Waals surface area contributed by atoms with Gasteiger partial charge in [-0.2, -0.15) is 26.3 Å². The van der Waals surface area contributed by atoms with Crippen LogP contribution in [0.25, 0.3) is 0 Å². The Bertz CT molecular complexity index is 1360. The Morgan fingerprint density at radius 2 is 1.31 bits per heavy atom. The summed E-state index contributed by atoms with van der Waals surface area (Å²) >= 11 is 0. The summed E-state index contributed by atoms with van der Waals surface area (Å²) in [4.78, 5) is 31.0. The Kier molecular flexibility index (Phi) is 9.24. The number of nitrogens with zero attached hydrogens (tertiary/aromatic N) is 3. The van der Waals surface area contributed by atoms with Gasteiger partial charge in [-0.3, -0.25) is 14.5 Å². The molecule has 0 aromatic heterocycles. The first-order valence-corrected chi connectivity index (χ1v) is 13.1. The molecule has 0 saturated carbocycles. The number of rotatable bonds is 7. The molecule has 42 heavy (non-hydrogen) atoms.